The fourth-order valence-electron chi connectivity index (χ4n) is 2.25. The first-order chi connectivity index (χ1) is 8.78. The highest BCUT2D eigenvalue weighted by Crippen LogP contribution is 2.28. The van der Waals surface area contributed by atoms with Crippen molar-refractivity contribution < 1.29 is 0 Å². The van der Waals surface area contributed by atoms with Crippen LogP contribution in [-0.2, 0) is 0 Å². The molecule has 2 aromatic rings. The van der Waals surface area contributed by atoms with Crippen molar-refractivity contribution >= 4 is 22.3 Å². The summed E-state index contributed by atoms with van der Waals surface area (Å²) in [6, 6.07) is 3.56. The summed E-state index contributed by atoms with van der Waals surface area (Å²) in [6.07, 6.45) is 1.41. The van der Waals surface area contributed by atoms with E-state index in [1.807, 2.05) is 13.1 Å². The number of rotatable bonds is 2. The number of hydrogen-bond donors (Lipinski definition) is 2. The van der Waals surface area contributed by atoms with Crippen LogP contribution in [0.15, 0.2) is 23.3 Å². The molecule has 0 fully saturated rings. The van der Waals surface area contributed by atoms with Crippen molar-refractivity contribution in [2.45, 2.75) is 20.8 Å². The van der Waals surface area contributed by atoms with Crippen molar-refractivity contribution in [1.82, 2.24) is 9.97 Å². The Morgan fingerprint density at radius 2 is 2.05 bits per heavy atom. The Hall–Kier alpha value is -2.04. The molecule has 0 bridgehead atoms. The van der Waals surface area contributed by atoms with Gasteiger partial charge < -0.3 is 15.6 Å². The van der Waals surface area contributed by atoms with Gasteiger partial charge in [-0.05, 0) is 17.5 Å². The van der Waals surface area contributed by atoms with E-state index in [1.165, 1.54) is 6.33 Å². The number of anilines is 2. The minimum absolute atomic E-state index is 0.164. The largest absolute Gasteiger partial charge is 0.397 e. The minimum Gasteiger partial charge on any atom is -0.397 e. The molecule has 0 aliphatic carbocycles. The molecule has 1 heterocycles. The number of nitrogens with zero attached hydrogens (tertiary/aromatic N) is 2. The molecule has 2 rings (SSSR count). The Kier molecular flexibility index (Phi) is 3.22. The molecule has 0 saturated heterocycles. The first kappa shape index (κ1) is 13.4. The lowest BCUT2D eigenvalue weighted by molar-refractivity contribution is 0.419. The van der Waals surface area contributed by atoms with Gasteiger partial charge in [-0.3, -0.25) is 4.79 Å². The topological polar surface area (TPSA) is 75.0 Å². The number of benzene rings is 1. The molecule has 0 aliphatic heterocycles. The normalized spacial score (nSPS) is 11.8. The number of nitrogen functional groups attached to an aromatic ring is 1. The van der Waals surface area contributed by atoms with E-state index in [9.17, 15) is 4.79 Å². The maximum absolute atomic E-state index is 11.7. The van der Waals surface area contributed by atoms with E-state index in [0.717, 1.165) is 12.2 Å². The Morgan fingerprint density at radius 1 is 1.37 bits per heavy atom. The number of nitrogens with two attached hydrogens (primary N) is 1. The second-order valence-electron chi connectivity index (χ2n) is 6.08. The number of aromatic amines is 1. The Balaban J connectivity index is 2.50. The summed E-state index contributed by atoms with van der Waals surface area (Å²) < 4.78 is 0. The summed E-state index contributed by atoms with van der Waals surface area (Å²) in [6.45, 7) is 7.38. The van der Waals surface area contributed by atoms with E-state index in [0.29, 0.717) is 16.6 Å². The molecular formula is C14H20N4O. The van der Waals surface area contributed by atoms with Crippen LogP contribution in [0, 0.1) is 5.41 Å². The first-order valence-electron chi connectivity index (χ1n) is 6.26. The number of nitrogens with one attached hydrogen (secondary N) is 1. The SMILES string of the molecule is CN(CC(C)(C)C)c1cc2nc[nH]c(=O)c2cc1N. The zero-order valence-electron chi connectivity index (χ0n) is 11.8. The molecule has 5 nitrogen and oxygen atoms in total. The Labute approximate surface area is 112 Å². The highest BCUT2D eigenvalue weighted by molar-refractivity contribution is 5.88. The van der Waals surface area contributed by atoms with Crippen LogP contribution in [0.5, 0.6) is 0 Å². The van der Waals surface area contributed by atoms with Gasteiger partial charge >= 0.3 is 0 Å². The summed E-state index contributed by atoms with van der Waals surface area (Å²) in [5.41, 5.74) is 8.21. The minimum atomic E-state index is -0.165. The van der Waals surface area contributed by atoms with Crippen LogP contribution in [0.1, 0.15) is 20.8 Å². The fourth-order valence-corrected chi connectivity index (χ4v) is 2.25. The van der Waals surface area contributed by atoms with Crippen LogP contribution in [0.25, 0.3) is 10.9 Å². The third-order valence-corrected chi connectivity index (χ3v) is 2.91. The molecule has 0 radical (unpaired) electrons. The molecule has 19 heavy (non-hydrogen) atoms. The zero-order chi connectivity index (χ0) is 14.2. The van der Waals surface area contributed by atoms with Gasteiger partial charge in [0.1, 0.15) is 0 Å². The van der Waals surface area contributed by atoms with Gasteiger partial charge in [0.25, 0.3) is 5.56 Å². The van der Waals surface area contributed by atoms with Crippen LogP contribution in [-0.4, -0.2) is 23.6 Å². The molecule has 0 unspecified atom stereocenters. The zero-order valence-corrected chi connectivity index (χ0v) is 11.8. The smallest absolute Gasteiger partial charge is 0.258 e. The summed E-state index contributed by atoms with van der Waals surface area (Å²) in [7, 11) is 2.00. The lowest BCUT2D eigenvalue weighted by Crippen LogP contribution is -2.29. The summed E-state index contributed by atoms with van der Waals surface area (Å²) in [5.74, 6) is 0. The predicted octanol–water partition coefficient (Wildman–Crippen LogP) is 1.99. The van der Waals surface area contributed by atoms with E-state index in [1.54, 1.807) is 6.07 Å². The molecule has 1 aromatic heterocycles. The number of H-pyrrole nitrogens is 1. The van der Waals surface area contributed by atoms with E-state index >= 15 is 0 Å². The standard InChI is InChI=1S/C14H20N4O/c1-14(2,3)7-18(4)12-6-11-9(5-10(12)15)13(19)17-8-16-11/h5-6,8H,7,15H2,1-4H3,(H,16,17,19). The van der Waals surface area contributed by atoms with Crippen molar-refractivity contribution in [3.8, 4) is 0 Å². The van der Waals surface area contributed by atoms with Crippen molar-refractivity contribution in [1.29, 1.82) is 0 Å². The summed E-state index contributed by atoms with van der Waals surface area (Å²) in [5, 5.41) is 0.521. The average Bonchev–Trinajstić information content (AvgIpc) is 2.27. The summed E-state index contributed by atoms with van der Waals surface area (Å²) >= 11 is 0. The number of fused-ring (bicyclic) bond motifs is 1. The van der Waals surface area contributed by atoms with E-state index in [2.05, 4.69) is 35.6 Å². The van der Waals surface area contributed by atoms with Crippen LogP contribution in [0.3, 0.4) is 0 Å². The first-order valence-corrected chi connectivity index (χ1v) is 6.26. The highest BCUT2D eigenvalue weighted by Gasteiger charge is 2.16. The van der Waals surface area contributed by atoms with Gasteiger partial charge in [0.05, 0.1) is 28.6 Å². The number of hydrogen-bond acceptors (Lipinski definition) is 4. The maximum atomic E-state index is 11.7. The lowest BCUT2D eigenvalue weighted by atomic mass is 9.96. The van der Waals surface area contributed by atoms with Crippen LogP contribution in [0.4, 0.5) is 11.4 Å². The molecule has 102 valence electrons. The van der Waals surface area contributed by atoms with Gasteiger partial charge in [-0.15, -0.1) is 0 Å². The molecule has 0 aliphatic rings. The Morgan fingerprint density at radius 3 is 2.68 bits per heavy atom. The monoisotopic (exact) mass is 260 g/mol. The van der Waals surface area contributed by atoms with Crippen molar-refractivity contribution in [3.05, 3.63) is 28.8 Å². The molecule has 5 heteroatoms. The molecular weight excluding hydrogens is 240 g/mol. The average molecular weight is 260 g/mol. The third-order valence-electron chi connectivity index (χ3n) is 2.91. The van der Waals surface area contributed by atoms with Crippen LogP contribution < -0.4 is 16.2 Å². The van der Waals surface area contributed by atoms with Crippen LogP contribution in [0.2, 0.25) is 0 Å². The van der Waals surface area contributed by atoms with Gasteiger partial charge in [-0.1, -0.05) is 20.8 Å². The molecule has 0 atom stereocenters. The second kappa shape index (κ2) is 4.57. The van der Waals surface area contributed by atoms with Crippen molar-refractivity contribution in [3.63, 3.8) is 0 Å². The molecule has 0 saturated carbocycles. The molecule has 1 aromatic carbocycles. The van der Waals surface area contributed by atoms with E-state index in [4.69, 9.17) is 5.73 Å². The molecule has 3 N–H and O–H groups in total. The van der Waals surface area contributed by atoms with Crippen LogP contribution >= 0.6 is 0 Å². The Bertz CT molecular complexity index is 655. The lowest BCUT2D eigenvalue weighted by Gasteiger charge is -2.29. The fraction of sp³-hybridized carbons (Fsp3) is 0.429. The molecule has 0 spiro atoms. The molecule has 0 amide bonds. The van der Waals surface area contributed by atoms with Crippen molar-refractivity contribution in [2.24, 2.45) is 5.41 Å². The summed E-state index contributed by atoms with van der Waals surface area (Å²) in [4.78, 5) is 20.5. The van der Waals surface area contributed by atoms with Gasteiger partial charge in [0, 0.05) is 13.6 Å². The number of aromatic nitrogens is 2. The van der Waals surface area contributed by atoms with Gasteiger partial charge in [0.15, 0.2) is 0 Å². The highest BCUT2D eigenvalue weighted by atomic mass is 16.1. The third kappa shape index (κ3) is 2.86. The quantitative estimate of drug-likeness (QED) is 0.810. The van der Waals surface area contributed by atoms with E-state index < -0.39 is 0 Å². The van der Waals surface area contributed by atoms with Gasteiger partial charge in [0.2, 0.25) is 0 Å². The van der Waals surface area contributed by atoms with Gasteiger partial charge in [-0.2, -0.15) is 0 Å². The van der Waals surface area contributed by atoms with Gasteiger partial charge in [-0.25, -0.2) is 4.98 Å². The predicted molar refractivity (Wildman–Crippen MR) is 79.5 cm³/mol. The maximum Gasteiger partial charge on any atom is 0.258 e. The van der Waals surface area contributed by atoms with Crippen molar-refractivity contribution in [2.75, 3.05) is 24.2 Å². The van der Waals surface area contributed by atoms with E-state index in [-0.39, 0.29) is 11.0 Å². The second-order valence-corrected chi connectivity index (χ2v) is 6.08.